The molecule has 0 atom stereocenters. The molecule has 23 heavy (non-hydrogen) atoms. The Bertz CT molecular complexity index is 711. The van der Waals surface area contributed by atoms with E-state index >= 15 is 0 Å². The maximum Gasteiger partial charge on any atom is 0.211 e. The first-order chi connectivity index (χ1) is 11.1. The van der Waals surface area contributed by atoms with Crippen molar-refractivity contribution in [3.05, 3.63) is 58.1 Å². The van der Waals surface area contributed by atoms with Gasteiger partial charge in [-0.15, -0.1) is 5.10 Å². The van der Waals surface area contributed by atoms with Crippen molar-refractivity contribution in [1.29, 1.82) is 0 Å². The Hall–Kier alpha value is -2.54. The number of hydrogen-bond donors (Lipinski definition) is 2. The molecular weight excluding hydrogens is 360 g/mol. The van der Waals surface area contributed by atoms with Crippen LogP contribution in [0.5, 0.6) is 11.5 Å². The summed E-state index contributed by atoms with van der Waals surface area (Å²) in [4.78, 5) is 0. The van der Waals surface area contributed by atoms with Crippen LogP contribution >= 0.6 is 15.9 Å². The average Bonchev–Trinajstić information content (AvgIpc) is 2.54. The lowest BCUT2D eigenvalue weighted by Crippen LogP contribution is -2.21. The largest absolute Gasteiger partial charge is 0.493 e. The molecule has 4 N–H and O–H groups in total. The van der Waals surface area contributed by atoms with Crippen LogP contribution in [0.25, 0.3) is 0 Å². The summed E-state index contributed by atoms with van der Waals surface area (Å²) in [5, 5.41) is 7.40. The molecule has 0 radical (unpaired) electrons. The molecule has 7 heteroatoms. The van der Waals surface area contributed by atoms with Gasteiger partial charge in [-0.1, -0.05) is 34.1 Å². The predicted octanol–water partition coefficient (Wildman–Crippen LogP) is 2.64. The molecule has 0 aliphatic rings. The number of benzene rings is 2. The van der Waals surface area contributed by atoms with Crippen LogP contribution < -0.4 is 20.9 Å². The molecule has 0 bridgehead atoms. The lowest BCUT2D eigenvalue weighted by atomic mass is 10.2. The van der Waals surface area contributed by atoms with Gasteiger partial charge >= 0.3 is 0 Å². The quantitative estimate of drug-likeness (QED) is 0.460. The SMILES string of the molecule is COc1cccc(C=NN=C(N)N)c1OCc1ccc(Br)cc1. The lowest BCUT2D eigenvalue weighted by Gasteiger charge is -2.13. The van der Waals surface area contributed by atoms with E-state index in [1.807, 2.05) is 42.5 Å². The molecule has 0 heterocycles. The predicted molar refractivity (Wildman–Crippen MR) is 94.9 cm³/mol. The van der Waals surface area contributed by atoms with Gasteiger partial charge in [-0.2, -0.15) is 5.10 Å². The third-order valence-electron chi connectivity index (χ3n) is 2.90. The van der Waals surface area contributed by atoms with E-state index in [1.165, 1.54) is 6.21 Å². The molecule has 2 aromatic carbocycles. The van der Waals surface area contributed by atoms with Crippen molar-refractivity contribution in [3.8, 4) is 11.5 Å². The van der Waals surface area contributed by atoms with Crippen molar-refractivity contribution in [3.63, 3.8) is 0 Å². The van der Waals surface area contributed by atoms with Crippen LogP contribution in [-0.2, 0) is 6.61 Å². The summed E-state index contributed by atoms with van der Waals surface area (Å²) in [7, 11) is 1.58. The van der Waals surface area contributed by atoms with E-state index in [-0.39, 0.29) is 5.96 Å². The Balaban J connectivity index is 2.22. The molecule has 2 rings (SSSR count). The second kappa shape index (κ2) is 8.19. The Morgan fingerprint density at radius 1 is 1.17 bits per heavy atom. The summed E-state index contributed by atoms with van der Waals surface area (Å²) in [6, 6.07) is 13.4. The summed E-state index contributed by atoms with van der Waals surface area (Å²) in [6.45, 7) is 0.400. The minimum absolute atomic E-state index is 0.110. The molecule has 0 spiro atoms. The highest BCUT2D eigenvalue weighted by molar-refractivity contribution is 9.10. The molecule has 0 aromatic heterocycles. The number of rotatable bonds is 6. The maximum atomic E-state index is 5.90. The number of guanidine groups is 1. The first-order valence-electron chi connectivity index (χ1n) is 6.76. The smallest absolute Gasteiger partial charge is 0.211 e. The van der Waals surface area contributed by atoms with Gasteiger partial charge < -0.3 is 20.9 Å². The van der Waals surface area contributed by atoms with Crippen molar-refractivity contribution in [1.82, 2.24) is 0 Å². The maximum absolute atomic E-state index is 5.90. The van der Waals surface area contributed by atoms with E-state index in [2.05, 4.69) is 26.1 Å². The summed E-state index contributed by atoms with van der Waals surface area (Å²) >= 11 is 3.40. The normalized spacial score (nSPS) is 10.5. The number of nitrogens with zero attached hydrogens (tertiary/aromatic N) is 2. The van der Waals surface area contributed by atoms with Gasteiger partial charge in [-0.25, -0.2) is 0 Å². The molecule has 0 aliphatic carbocycles. The zero-order chi connectivity index (χ0) is 16.7. The fourth-order valence-corrected chi connectivity index (χ4v) is 2.11. The van der Waals surface area contributed by atoms with E-state index < -0.39 is 0 Å². The Labute approximate surface area is 142 Å². The minimum Gasteiger partial charge on any atom is -0.493 e. The number of ether oxygens (including phenoxy) is 2. The van der Waals surface area contributed by atoms with Crippen molar-refractivity contribution in [2.24, 2.45) is 21.7 Å². The van der Waals surface area contributed by atoms with Crippen LogP contribution in [0.4, 0.5) is 0 Å². The second-order valence-electron chi connectivity index (χ2n) is 4.56. The molecule has 0 amide bonds. The van der Waals surface area contributed by atoms with Crippen molar-refractivity contribution in [2.75, 3.05) is 7.11 Å². The molecule has 0 saturated heterocycles. The van der Waals surface area contributed by atoms with E-state index in [9.17, 15) is 0 Å². The second-order valence-corrected chi connectivity index (χ2v) is 5.48. The zero-order valence-corrected chi connectivity index (χ0v) is 14.2. The molecule has 0 unspecified atom stereocenters. The van der Waals surface area contributed by atoms with E-state index in [1.54, 1.807) is 7.11 Å². The van der Waals surface area contributed by atoms with Crippen LogP contribution in [0.3, 0.4) is 0 Å². The van der Waals surface area contributed by atoms with Gasteiger partial charge in [0.05, 0.1) is 13.3 Å². The number of hydrogen-bond acceptors (Lipinski definition) is 4. The van der Waals surface area contributed by atoms with Crippen molar-refractivity contribution in [2.45, 2.75) is 6.61 Å². The third kappa shape index (κ3) is 5.00. The molecule has 0 fully saturated rings. The van der Waals surface area contributed by atoms with Gasteiger partial charge in [0.25, 0.3) is 0 Å². The highest BCUT2D eigenvalue weighted by Crippen LogP contribution is 2.31. The first kappa shape index (κ1) is 16.8. The molecule has 0 aliphatic heterocycles. The minimum atomic E-state index is -0.110. The highest BCUT2D eigenvalue weighted by atomic mass is 79.9. The van der Waals surface area contributed by atoms with Gasteiger partial charge in [0.15, 0.2) is 11.5 Å². The van der Waals surface area contributed by atoms with Gasteiger partial charge in [0, 0.05) is 10.0 Å². The molecule has 0 saturated carbocycles. The van der Waals surface area contributed by atoms with Crippen LogP contribution in [-0.4, -0.2) is 19.3 Å². The number of nitrogens with two attached hydrogens (primary N) is 2. The monoisotopic (exact) mass is 376 g/mol. The molecule has 2 aromatic rings. The number of methoxy groups -OCH3 is 1. The van der Waals surface area contributed by atoms with E-state index in [0.29, 0.717) is 23.7 Å². The van der Waals surface area contributed by atoms with E-state index in [4.69, 9.17) is 20.9 Å². The van der Waals surface area contributed by atoms with Gasteiger partial charge in [-0.05, 0) is 29.8 Å². The van der Waals surface area contributed by atoms with Crippen LogP contribution in [0.2, 0.25) is 0 Å². The van der Waals surface area contributed by atoms with Gasteiger partial charge in [0.1, 0.15) is 6.61 Å². The summed E-state index contributed by atoms with van der Waals surface area (Å²) < 4.78 is 12.3. The average molecular weight is 377 g/mol. The fourth-order valence-electron chi connectivity index (χ4n) is 1.84. The topological polar surface area (TPSA) is 95.2 Å². The molecule has 6 nitrogen and oxygen atoms in total. The fraction of sp³-hybridized carbons (Fsp3) is 0.125. The Morgan fingerprint density at radius 3 is 2.57 bits per heavy atom. The van der Waals surface area contributed by atoms with E-state index in [0.717, 1.165) is 10.0 Å². The number of halogens is 1. The Kier molecular flexibility index (Phi) is 5.99. The standard InChI is InChI=1S/C16H17BrN4O2/c1-22-14-4-2-3-12(9-20-21-16(18)19)15(14)23-10-11-5-7-13(17)8-6-11/h2-9H,10H2,1H3,(H4,18,19,21). The lowest BCUT2D eigenvalue weighted by molar-refractivity contribution is 0.284. The summed E-state index contributed by atoms with van der Waals surface area (Å²) in [5.41, 5.74) is 12.3. The first-order valence-corrected chi connectivity index (χ1v) is 7.55. The molecule has 120 valence electrons. The highest BCUT2D eigenvalue weighted by Gasteiger charge is 2.09. The van der Waals surface area contributed by atoms with Crippen LogP contribution in [0, 0.1) is 0 Å². The van der Waals surface area contributed by atoms with Gasteiger partial charge in [0.2, 0.25) is 5.96 Å². The van der Waals surface area contributed by atoms with Crippen molar-refractivity contribution < 1.29 is 9.47 Å². The Morgan fingerprint density at radius 2 is 1.91 bits per heavy atom. The van der Waals surface area contributed by atoms with Gasteiger partial charge in [-0.3, -0.25) is 0 Å². The number of para-hydroxylation sites is 1. The summed E-state index contributed by atoms with van der Waals surface area (Å²) in [5.74, 6) is 1.07. The molecular formula is C16H17BrN4O2. The summed E-state index contributed by atoms with van der Waals surface area (Å²) in [6.07, 6.45) is 1.51. The van der Waals surface area contributed by atoms with Crippen LogP contribution in [0.15, 0.2) is 57.1 Å². The zero-order valence-electron chi connectivity index (χ0n) is 12.6. The van der Waals surface area contributed by atoms with Crippen LogP contribution in [0.1, 0.15) is 11.1 Å². The van der Waals surface area contributed by atoms with Crippen molar-refractivity contribution >= 4 is 28.1 Å². The third-order valence-corrected chi connectivity index (χ3v) is 3.42.